The summed E-state index contributed by atoms with van der Waals surface area (Å²) in [4.78, 5) is 40.4. The molecule has 0 unspecified atom stereocenters. The van der Waals surface area contributed by atoms with Crippen molar-refractivity contribution >= 4 is 52.5 Å². The average molecular weight is 575 g/mol. The highest BCUT2D eigenvalue weighted by Gasteiger charge is 2.15. The van der Waals surface area contributed by atoms with E-state index in [2.05, 4.69) is 10.6 Å². The summed E-state index contributed by atoms with van der Waals surface area (Å²) in [6, 6.07) is 37.5. The minimum atomic E-state index is -0.433. The normalized spacial score (nSPS) is 11.1. The number of anilines is 1. The molecule has 5 rings (SSSR count). The van der Waals surface area contributed by atoms with Gasteiger partial charge in [0.1, 0.15) is 5.70 Å². The molecule has 0 fully saturated rings. The summed E-state index contributed by atoms with van der Waals surface area (Å²) in [5, 5.41) is 7.50. The second-order valence-electron chi connectivity index (χ2n) is 9.03. The molecule has 4 aromatic carbocycles. The van der Waals surface area contributed by atoms with Crippen LogP contribution in [0.15, 0.2) is 137 Å². The molecule has 0 radical (unpaired) electrons. The van der Waals surface area contributed by atoms with Crippen LogP contribution in [0.25, 0.3) is 17.2 Å². The van der Waals surface area contributed by atoms with Gasteiger partial charge in [0.05, 0.1) is 5.75 Å². The van der Waals surface area contributed by atoms with Crippen LogP contribution in [-0.2, 0) is 4.79 Å². The lowest BCUT2D eigenvalue weighted by molar-refractivity contribution is -0.113. The average Bonchev–Trinajstić information content (AvgIpc) is 3.54. The van der Waals surface area contributed by atoms with Crippen LogP contribution in [0.2, 0.25) is 0 Å². The second-order valence-corrected chi connectivity index (χ2v) is 11.1. The van der Waals surface area contributed by atoms with Gasteiger partial charge >= 0.3 is 0 Å². The predicted octanol–water partition coefficient (Wildman–Crippen LogP) is 7.80. The van der Waals surface area contributed by atoms with Crippen molar-refractivity contribution in [2.45, 2.75) is 4.90 Å². The molecule has 1 aromatic heterocycles. The molecule has 2 N–H and O–H groups in total. The van der Waals surface area contributed by atoms with Crippen molar-refractivity contribution in [3.63, 3.8) is 0 Å². The molecule has 202 valence electrons. The van der Waals surface area contributed by atoms with Gasteiger partial charge in [-0.1, -0.05) is 78.9 Å². The van der Waals surface area contributed by atoms with Gasteiger partial charge in [0.15, 0.2) is 5.78 Å². The number of carbonyl (C=O) groups is 3. The topological polar surface area (TPSA) is 75.3 Å². The van der Waals surface area contributed by atoms with E-state index < -0.39 is 5.91 Å². The summed E-state index contributed by atoms with van der Waals surface area (Å²) >= 11 is 2.90. The fraction of sp³-hybridized carbons (Fsp3) is 0.0294. The van der Waals surface area contributed by atoms with E-state index in [1.165, 1.54) is 23.1 Å². The van der Waals surface area contributed by atoms with Crippen molar-refractivity contribution in [2.24, 2.45) is 0 Å². The molecule has 0 aliphatic heterocycles. The Bertz CT molecular complexity index is 1650. The summed E-state index contributed by atoms with van der Waals surface area (Å²) < 4.78 is 0. The zero-order chi connectivity index (χ0) is 28.4. The number of amides is 2. The fourth-order valence-electron chi connectivity index (χ4n) is 4.00. The van der Waals surface area contributed by atoms with Gasteiger partial charge in [0.25, 0.3) is 11.8 Å². The Morgan fingerprint density at radius 3 is 2.00 bits per heavy atom. The van der Waals surface area contributed by atoms with E-state index in [1.54, 1.807) is 42.5 Å². The van der Waals surface area contributed by atoms with Gasteiger partial charge in [-0.15, -0.1) is 23.1 Å². The molecule has 0 aliphatic rings. The Balaban J connectivity index is 1.19. The monoisotopic (exact) mass is 574 g/mol. The quantitative estimate of drug-likeness (QED) is 0.101. The standard InChI is InChI=1S/C34H26N2O3S2/c37-32(26-15-13-25(14-16-26)24-8-3-1-4-9-24)23-41-29-19-17-28(18-20-29)35-34(39)31(22-30-12-7-21-40-30)36-33(38)27-10-5-2-6-11-27/h1-22H,23H2,(H,35,39)(H,36,38)/b31-22-. The number of hydrogen-bond donors (Lipinski definition) is 2. The van der Waals surface area contributed by atoms with Crippen LogP contribution in [0, 0.1) is 0 Å². The third kappa shape index (κ3) is 7.69. The molecular formula is C34H26N2O3S2. The smallest absolute Gasteiger partial charge is 0.272 e. The van der Waals surface area contributed by atoms with E-state index >= 15 is 0 Å². The molecule has 5 nitrogen and oxygen atoms in total. The van der Waals surface area contributed by atoms with Gasteiger partial charge in [-0.2, -0.15) is 0 Å². The van der Waals surface area contributed by atoms with Gasteiger partial charge in [-0.3, -0.25) is 14.4 Å². The highest BCUT2D eigenvalue weighted by molar-refractivity contribution is 8.00. The van der Waals surface area contributed by atoms with E-state index in [0.717, 1.165) is 20.9 Å². The van der Waals surface area contributed by atoms with Crippen LogP contribution in [0.3, 0.4) is 0 Å². The van der Waals surface area contributed by atoms with Crippen LogP contribution in [0.4, 0.5) is 5.69 Å². The zero-order valence-corrected chi connectivity index (χ0v) is 23.6. The number of hydrogen-bond acceptors (Lipinski definition) is 5. The van der Waals surface area contributed by atoms with Crippen molar-refractivity contribution in [1.82, 2.24) is 5.32 Å². The molecule has 0 aliphatic carbocycles. The maximum Gasteiger partial charge on any atom is 0.272 e. The van der Waals surface area contributed by atoms with Crippen LogP contribution in [0.5, 0.6) is 0 Å². The van der Waals surface area contributed by atoms with Crippen molar-refractivity contribution in [1.29, 1.82) is 0 Å². The summed E-state index contributed by atoms with van der Waals surface area (Å²) in [5.41, 5.74) is 4.03. The molecule has 7 heteroatoms. The number of rotatable bonds is 10. The third-order valence-corrected chi connectivity index (χ3v) is 7.99. The zero-order valence-electron chi connectivity index (χ0n) is 22.0. The Morgan fingerprint density at radius 2 is 1.34 bits per heavy atom. The van der Waals surface area contributed by atoms with Crippen molar-refractivity contribution in [2.75, 3.05) is 11.1 Å². The first-order valence-electron chi connectivity index (χ1n) is 12.9. The number of Topliss-reactive ketones (excluding diaryl/α,β-unsaturated/α-hetero) is 1. The molecule has 41 heavy (non-hydrogen) atoms. The van der Waals surface area contributed by atoms with Gasteiger partial charge in [0, 0.05) is 26.6 Å². The van der Waals surface area contributed by atoms with Gasteiger partial charge in [-0.25, -0.2) is 0 Å². The largest absolute Gasteiger partial charge is 0.321 e. The molecule has 0 atom stereocenters. The second kappa shape index (κ2) is 13.6. The summed E-state index contributed by atoms with van der Waals surface area (Å²) in [6.45, 7) is 0. The molecule has 2 amide bonds. The van der Waals surface area contributed by atoms with E-state index in [-0.39, 0.29) is 17.4 Å². The Hall–Kier alpha value is -4.72. The first-order chi connectivity index (χ1) is 20.0. The van der Waals surface area contributed by atoms with Crippen LogP contribution in [0.1, 0.15) is 25.6 Å². The Kier molecular flexibility index (Phi) is 9.21. The molecule has 0 saturated carbocycles. The Morgan fingerprint density at radius 1 is 0.683 bits per heavy atom. The molecule has 5 aromatic rings. The number of benzene rings is 4. The first kappa shape index (κ1) is 27.8. The predicted molar refractivity (Wildman–Crippen MR) is 168 cm³/mol. The minimum Gasteiger partial charge on any atom is -0.321 e. The van der Waals surface area contributed by atoms with Crippen molar-refractivity contribution in [3.8, 4) is 11.1 Å². The minimum absolute atomic E-state index is 0.0458. The van der Waals surface area contributed by atoms with Gasteiger partial charge < -0.3 is 10.6 Å². The maximum absolute atomic E-state index is 13.1. The van der Waals surface area contributed by atoms with Crippen molar-refractivity contribution in [3.05, 3.63) is 148 Å². The van der Waals surface area contributed by atoms with Gasteiger partial charge in [-0.05, 0) is 65.0 Å². The number of thioether (sulfide) groups is 1. The fourth-order valence-corrected chi connectivity index (χ4v) is 5.45. The van der Waals surface area contributed by atoms with Crippen LogP contribution >= 0.6 is 23.1 Å². The summed E-state index contributed by atoms with van der Waals surface area (Å²) in [7, 11) is 0. The summed E-state index contributed by atoms with van der Waals surface area (Å²) in [6.07, 6.45) is 1.66. The maximum atomic E-state index is 13.1. The lowest BCUT2D eigenvalue weighted by Gasteiger charge is -2.11. The molecular weight excluding hydrogens is 549 g/mol. The number of thiophene rings is 1. The number of carbonyl (C=O) groups excluding carboxylic acids is 3. The van der Waals surface area contributed by atoms with Crippen LogP contribution < -0.4 is 10.6 Å². The lowest BCUT2D eigenvalue weighted by atomic mass is 10.0. The SMILES string of the molecule is O=C(Nc1ccc(SCC(=O)c2ccc(-c3ccccc3)cc2)cc1)/C(=C/c1cccs1)NC(=O)c1ccccc1. The first-order valence-corrected chi connectivity index (χ1v) is 14.8. The molecule has 0 bridgehead atoms. The summed E-state index contributed by atoms with van der Waals surface area (Å²) in [5.74, 6) is -0.452. The lowest BCUT2D eigenvalue weighted by Crippen LogP contribution is -2.30. The van der Waals surface area contributed by atoms with Crippen LogP contribution in [-0.4, -0.2) is 23.4 Å². The van der Waals surface area contributed by atoms with E-state index in [4.69, 9.17) is 0 Å². The number of nitrogens with one attached hydrogen (secondary N) is 2. The third-order valence-electron chi connectivity index (χ3n) is 6.15. The van der Waals surface area contributed by atoms with E-state index in [9.17, 15) is 14.4 Å². The van der Waals surface area contributed by atoms with E-state index in [0.29, 0.717) is 22.6 Å². The molecule has 0 spiro atoms. The highest BCUT2D eigenvalue weighted by atomic mass is 32.2. The number of ketones is 1. The van der Waals surface area contributed by atoms with Crippen molar-refractivity contribution < 1.29 is 14.4 Å². The Labute approximate surface area is 247 Å². The molecule has 1 heterocycles. The highest BCUT2D eigenvalue weighted by Crippen LogP contribution is 2.24. The molecule has 0 saturated heterocycles. The van der Waals surface area contributed by atoms with Gasteiger partial charge in [0.2, 0.25) is 0 Å². The van der Waals surface area contributed by atoms with E-state index in [1.807, 2.05) is 90.3 Å².